The number of aryl methyl sites for hydroxylation is 1. The molecule has 0 fully saturated rings. The Kier molecular flexibility index (Phi) is 2.45. The Labute approximate surface area is 58.6 Å². The van der Waals surface area contributed by atoms with Crippen molar-refractivity contribution in [3.8, 4) is 0 Å². The van der Waals surface area contributed by atoms with Crippen molar-refractivity contribution in [2.75, 3.05) is 0 Å². The van der Waals surface area contributed by atoms with Crippen LogP contribution in [0.4, 0.5) is 0 Å². The van der Waals surface area contributed by atoms with E-state index < -0.39 is 0 Å². The van der Waals surface area contributed by atoms with E-state index in [1.165, 1.54) is 5.56 Å². The molecule has 9 heavy (non-hydrogen) atoms. The van der Waals surface area contributed by atoms with Crippen LogP contribution in [0.1, 0.15) is 5.56 Å². The lowest BCUT2D eigenvalue weighted by atomic mass is 10.2. The predicted octanol–water partition coefficient (Wildman–Crippen LogP) is 1.21. The molecule has 2 heteroatoms. The maximum atomic E-state index is 3.98. The maximum absolute atomic E-state index is 3.98. The van der Waals surface area contributed by atoms with E-state index in [1.54, 1.807) is 6.20 Å². The number of hydrogen-bond donors (Lipinski definition) is 0. The third kappa shape index (κ3) is 1.97. The molecule has 0 aromatic carbocycles. The quantitative estimate of drug-likeness (QED) is 0.554. The van der Waals surface area contributed by atoms with Crippen molar-refractivity contribution in [1.82, 2.24) is 4.98 Å². The van der Waals surface area contributed by atoms with Gasteiger partial charge in [0.15, 0.2) is 0 Å². The molecule has 0 unspecified atom stereocenters. The predicted molar refractivity (Wildman–Crippen MR) is 38.5 cm³/mol. The summed E-state index contributed by atoms with van der Waals surface area (Å²) in [6.45, 7) is 0. The number of hydrogen-bond acceptors (Lipinski definition) is 1. The van der Waals surface area contributed by atoms with Gasteiger partial charge in [0.05, 0.1) is 0 Å². The van der Waals surface area contributed by atoms with Crippen molar-refractivity contribution in [3.05, 3.63) is 30.1 Å². The second-order valence-electron chi connectivity index (χ2n) is 1.86. The van der Waals surface area contributed by atoms with Gasteiger partial charge in [-0.1, -0.05) is 12.1 Å². The lowest BCUT2D eigenvalue weighted by molar-refractivity contribution is 1.10. The fourth-order valence-electron chi connectivity index (χ4n) is 0.690. The molecule has 0 aliphatic carbocycles. The van der Waals surface area contributed by atoms with Crippen LogP contribution in [0.3, 0.4) is 0 Å². The third-order valence-corrected chi connectivity index (χ3v) is 1.39. The number of rotatable bonds is 2. The summed E-state index contributed by atoms with van der Waals surface area (Å²) in [5.41, 5.74) is 1.28. The number of pyridine rings is 1. The van der Waals surface area contributed by atoms with Crippen LogP contribution in [0.25, 0.3) is 0 Å². The fraction of sp³-hybridized carbons (Fsp3) is 0.286. The highest BCUT2D eigenvalue weighted by Gasteiger charge is 1.85. The maximum Gasteiger partial charge on any atom is 0.0299 e. The van der Waals surface area contributed by atoms with E-state index in [4.69, 9.17) is 0 Å². The monoisotopic (exact) mass is 134 g/mol. The van der Waals surface area contributed by atoms with E-state index in [0.717, 1.165) is 12.5 Å². The molecule has 0 saturated carbocycles. The molecule has 1 nitrogen and oxygen atoms in total. The Morgan fingerprint density at radius 3 is 3.00 bits per heavy atom. The Balaban J connectivity index is 2.61. The molecular weight excluding hydrogens is 126 g/mol. The van der Waals surface area contributed by atoms with Gasteiger partial charge in [0, 0.05) is 22.6 Å². The van der Waals surface area contributed by atoms with Crippen LogP contribution in [0.15, 0.2) is 24.5 Å². The number of nitrogens with zero attached hydrogens (tertiary/aromatic N) is 1. The van der Waals surface area contributed by atoms with E-state index in [1.807, 2.05) is 12.3 Å². The van der Waals surface area contributed by atoms with Crippen molar-refractivity contribution < 1.29 is 0 Å². The molecular formula is C7H8NSi. The minimum atomic E-state index is 1.01. The molecule has 0 amide bonds. The van der Waals surface area contributed by atoms with Crippen LogP contribution >= 0.6 is 0 Å². The van der Waals surface area contributed by atoms with Gasteiger partial charge >= 0.3 is 0 Å². The van der Waals surface area contributed by atoms with Gasteiger partial charge < -0.3 is 0 Å². The van der Waals surface area contributed by atoms with Crippen LogP contribution in [-0.2, 0) is 6.42 Å². The second kappa shape index (κ2) is 3.40. The molecule has 3 radical (unpaired) electrons. The summed E-state index contributed by atoms with van der Waals surface area (Å²) in [5.74, 6) is 0. The Morgan fingerprint density at radius 1 is 1.56 bits per heavy atom. The van der Waals surface area contributed by atoms with Gasteiger partial charge in [0.2, 0.25) is 0 Å². The minimum absolute atomic E-state index is 1.01. The van der Waals surface area contributed by atoms with Crippen LogP contribution in [0.2, 0.25) is 6.04 Å². The second-order valence-corrected chi connectivity index (χ2v) is 2.36. The van der Waals surface area contributed by atoms with Crippen molar-refractivity contribution in [3.63, 3.8) is 0 Å². The van der Waals surface area contributed by atoms with Gasteiger partial charge in [-0.15, -0.1) is 0 Å². The molecule has 1 heterocycles. The summed E-state index contributed by atoms with van der Waals surface area (Å²) < 4.78 is 0. The Morgan fingerprint density at radius 2 is 2.44 bits per heavy atom. The van der Waals surface area contributed by atoms with Gasteiger partial charge in [-0.3, -0.25) is 4.98 Å². The van der Waals surface area contributed by atoms with Crippen molar-refractivity contribution in [2.24, 2.45) is 0 Å². The van der Waals surface area contributed by atoms with Gasteiger partial charge in [-0.2, -0.15) is 0 Å². The van der Waals surface area contributed by atoms with E-state index in [2.05, 4.69) is 21.3 Å². The SMILES string of the molecule is [Si]CCc1cccnc1. The summed E-state index contributed by atoms with van der Waals surface area (Å²) in [7, 11) is 3.40. The van der Waals surface area contributed by atoms with E-state index >= 15 is 0 Å². The van der Waals surface area contributed by atoms with Crippen molar-refractivity contribution >= 4 is 10.2 Å². The van der Waals surface area contributed by atoms with E-state index in [9.17, 15) is 0 Å². The fourth-order valence-corrected chi connectivity index (χ4v) is 0.979. The van der Waals surface area contributed by atoms with Gasteiger partial charge in [0.1, 0.15) is 0 Å². The van der Waals surface area contributed by atoms with Crippen molar-refractivity contribution in [2.45, 2.75) is 12.5 Å². The summed E-state index contributed by atoms with van der Waals surface area (Å²) >= 11 is 0. The summed E-state index contributed by atoms with van der Waals surface area (Å²) in [6, 6.07) is 5.04. The van der Waals surface area contributed by atoms with Crippen LogP contribution < -0.4 is 0 Å². The first-order valence-electron chi connectivity index (χ1n) is 2.97. The van der Waals surface area contributed by atoms with E-state index in [0.29, 0.717) is 0 Å². The highest BCUT2D eigenvalue weighted by molar-refractivity contribution is 6.08. The smallest absolute Gasteiger partial charge is 0.0299 e. The van der Waals surface area contributed by atoms with Crippen LogP contribution in [0.5, 0.6) is 0 Å². The largest absolute Gasteiger partial charge is 0.264 e. The molecule has 0 spiro atoms. The first-order valence-corrected chi connectivity index (χ1v) is 3.67. The molecule has 0 N–H and O–H groups in total. The molecule has 0 aliphatic heterocycles. The standard InChI is InChI=1S/C7H8NSi/c9-5-3-7-2-1-4-8-6-7/h1-2,4,6H,3,5H2. The first-order chi connectivity index (χ1) is 4.43. The average Bonchev–Trinajstić information content (AvgIpc) is 1.91. The Hall–Kier alpha value is -0.633. The topological polar surface area (TPSA) is 12.9 Å². The molecule has 0 aliphatic rings. The lowest BCUT2D eigenvalue weighted by Gasteiger charge is -1.92. The molecule has 0 atom stereocenters. The minimum Gasteiger partial charge on any atom is -0.264 e. The summed E-state index contributed by atoms with van der Waals surface area (Å²) in [6.07, 6.45) is 4.74. The highest BCUT2D eigenvalue weighted by Crippen LogP contribution is 1.97. The average molecular weight is 134 g/mol. The van der Waals surface area contributed by atoms with Gasteiger partial charge in [-0.05, 0) is 18.1 Å². The lowest BCUT2D eigenvalue weighted by Crippen LogP contribution is -1.83. The highest BCUT2D eigenvalue weighted by atomic mass is 28.1. The molecule has 45 valence electrons. The molecule has 1 aromatic heterocycles. The molecule has 1 rings (SSSR count). The summed E-state index contributed by atoms with van der Waals surface area (Å²) in [4.78, 5) is 3.98. The molecule has 1 aromatic rings. The first kappa shape index (κ1) is 6.49. The third-order valence-electron chi connectivity index (χ3n) is 1.14. The molecule has 0 saturated heterocycles. The van der Waals surface area contributed by atoms with Crippen molar-refractivity contribution in [1.29, 1.82) is 0 Å². The Bertz CT molecular complexity index is 162. The zero-order chi connectivity index (χ0) is 6.53. The van der Waals surface area contributed by atoms with Crippen LogP contribution in [0, 0.1) is 0 Å². The summed E-state index contributed by atoms with van der Waals surface area (Å²) in [5, 5.41) is 0. The zero-order valence-corrected chi connectivity index (χ0v) is 6.17. The van der Waals surface area contributed by atoms with Crippen LogP contribution in [-0.4, -0.2) is 15.2 Å². The van der Waals surface area contributed by atoms with E-state index in [-0.39, 0.29) is 0 Å². The van der Waals surface area contributed by atoms with Gasteiger partial charge in [0.25, 0.3) is 0 Å². The zero-order valence-electron chi connectivity index (χ0n) is 5.17. The normalized spacial score (nSPS) is 9.44. The van der Waals surface area contributed by atoms with Gasteiger partial charge in [-0.25, -0.2) is 0 Å². The molecule has 0 bridgehead atoms. The number of aromatic nitrogens is 1.